The Morgan fingerprint density at radius 3 is 2.52 bits per heavy atom. The summed E-state index contributed by atoms with van der Waals surface area (Å²) < 4.78 is 1.75. The van der Waals surface area contributed by atoms with Gasteiger partial charge in [-0.3, -0.25) is 4.40 Å². The third-order valence-electron chi connectivity index (χ3n) is 3.56. The molecule has 0 unspecified atom stereocenters. The molecule has 0 aliphatic rings. The van der Waals surface area contributed by atoms with Gasteiger partial charge in [-0.05, 0) is 29.7 Å². The molecule has 0 aliphatic carbocycles. The molecule has 3 rings (SSSR count). The smallest absolute Gasteiger partial charge is 0.148 e. The van der Waals surface area contributed by atoms with Crippen molar-refractivity contribution >= 4 is 17.2 Å². The molecule has 0 saturated carbocycles. The van der Waals surface area contributed by atoms with Crippen molar-refractivity contribution in [2.24, 2.45) is 0 Å². The molecule has 2 aromatic heterocycles. The molecule has 0 bridgehead atoms. The Hall–Kier alpha value is -2.31. The molecule has 2 heterocycles. The van der Waals surface area contributed by atoms with Gasteiger partial charge in [-0.2, -0.15) is 5.26 Å². The number of hydrogen-bond donors (Lipinski definition) is 0. The molecule has 0 radical (unpaired) electrons. The fourth-order valence-corrected chi connectivity index (χ4v) is 2.56. The summed E-state index contributed by atoms with van der Waals surface area (Å²) in [6.45, 7) is 2.13. The summed E-state index contributed by atoms with van der Waals surface area (Å²) in [6, 6.07) is 14.3. The molecule has 0 aliphatic heterocycles. The van der Waals surface area contributed by atoms with Gasteiger partial charge in [0.15, 0.2) is 0 Å². The van der Waals surface area contributed by atoms with Crippen LogP contribution in [0, 0.1) is 11.3 Å². The van der Waals surface area contributed by atoms with Crippen molar-refractivity contribution in [1.82, 2.24) is 9.38 Å². The van der Waals surface area contributed by atoms with Crippen molar-refractivity contribution in [3.05, 3.63) is 70.1 Å². The number of aryl methyl sites for hydroxylation is 1. The van der Waals surface area contributed by atoms with Gasteiger partial charge in [-0.25, -0.2) is 4.98 Å². The maximum atomic E-state index is 9.40. The standard InChI is InChI=1S/C17H14ClN3/c1-2-12-3-5-13(6-4-12)9-15-16(10-19)21-11-14(18)7-8-17(21)20-15/h3-8,11H,2,9H2,1H3. The molecule has 0 saturated heterocycles. The number of benzene rings is 1. The van der Waals surface area contributed by atoms with E-state index in [-0.39, 0.29) is 0 Å². The summed E-state index contributed by atoms with van der Waals surface area (Å²) in [5.74, 6) is 0. The molecular formula is C17H14ClN3. The number of hydrogen-bond acceptors (Lipinski definition) is 2. The van der Waals surface area contributed by atoms with E-state index in [1.165, 1.54) is 5.56 Å². The normalized spacial score (nSPS) is 10.7. The molecule has 0 atom stereocenters. The van der Waals surface area contributed by atoms with E-state index in [0.717, 1.165) is 23.3 Å². The van der Waals surface area contributed by atoms with E-state index in [9.17, 15) is 5.26 Å². The van der Waals surface area contributed by atoms with Crippen molar-refractivity contribution in [1.29, 1.82) is 5.26 Å². The third-order valence-corrected chi connectivity index (χ3v) is 3.79. The molecular weight excluding hydrogens is 282 g/mol. The van der Waals surface area contributed by atoms with Crippen LogP contribution in [0.2, 0.25) is 5.02 Å². The summed E-state index contributed by atoms with van der Waals surface area (Å²) >= 11 is 5.99. The fourth-order valence-electron chi connectivity index (χ4n) is 2.40. The maximum absolute atomic E-state index is 9.40. The van der Waals surface area contributed by atoms with E-state index in [2.05, 4.69) is 42.2 Å². The average Bonchev–Trinajstić information content (AvgIpc) is 2.84. The zero-order valence-electron chi connectivity index (χ0n) is 11.7. The number of aromatic nitrogens is 2. The molecule has 21 heavy (non-hydrogen) atoms. The third kappa shape index (κ3) is 2.63. The van der Waals surface area contributed by atoms with Gasteiger partial charge in [-0.15, -0.1) is 0 Å². The van der Waals surface area contributed by atoms with E-state index in [0.29, 0.717) is 17.1 Å². The quantitative estimate of drug-likeness (QED) is 0.732. The van der Waals surface area contributed by atoms with Crippen LogP contribution < -0.4 is 0 Å². The minimum atomic E-state index is 0.548. The summed E-state index contributed by atoms with van der Waals surface area (Å²) in [7, 11) is 0. The van der Waals surface area contributed by atoms with E-state index < -0.39 is 0 Å². The first-order valence-corrected chi connectivity index (χ1v) is 7.23. The number of pyridine rings is 1. The molecule has 104 valence electrons. The Kier molecular flexibility index (Phi) is 3.64. The molecule has 1 aromatic carbocycles. The predicted molar refractivity (Wildman–Crippen MR) is 83.5 cm³/mol. The van der Waals surface area contributed by atoms with E-state index in [1.54, 1.807) is 16.7 Å². The zero-order valence-corrected chi connectivity index (χ0v) is 12.4. The van der Waals surface area contributed by atoms with Gasteiger partial charge in [0, 0.05) is 12.6 Å². The SMILES string of the molecule is CCc1ccc(Cc2nc3ccc(Cl)cn3c2C#N)cc1. The van der Waals surface area contributed by atoms with Crippen LogP contribution in [0.5, 0.6) is 0 Å². The summed E-state index contributed by atoms with van der Waals surface area (Å²) in [5, 5.41) is 10.00. The van der Waals surface area contributed by atoms with Crippen LogP contribution in [0.4, 0.5) is 0 Å². The van der Waals surface area contributed by atoms with Crippen molar-refractivity contribution in [2.75, 3.05) is 0 Å². The van der Waals surface area contributed by atoms with Crippen LogP contribution in [0.25, 0.3) is 5.65 Å². The number of fused-ring (bicyclic) bond motifs is 1. The molecule has 3 aromatic rings. The van der Waals surface area contributed by atoms with Crippen LogP contribution >= 0.6 is 11.6 Å². The van der Waals surface area contributed by atoms with Crippen molar-refractivity contribution in [2.45, 2.75) is 19.8 Å². The first-order valence-electron chi connectivity index (χ1n) is 6.85. The van der Waals surface area contributed by atoms with Crippen LogP contribution in [0.3, 0.4) is 0 Å². The summed E-state index contributed by atoms with van der Waals surface area (Å²) in [6.07, 6.45) is 3.40. The molecule has 0 amide bonds. The lowest BCUT2D eigenvalue weighted by atomic mass is 10.1. The Labute approximate surface area is 128 Å². The number of nitrogens with zero attached hydrogens (tertiary/aromatic N) is 3. The Morgan fingerprint density at radius 2 is 1.86 bits per heavy atom. The van der Waals surface area contributed by atoms with Gasteiger partial charge in [0.2, 0.25) is 0 Å². The van der Waals surface area contributed by atoms with Gasteiger partial charge in [0.1, 0.15) is 17.4 Å². The van der Waals surface area contributed by atoms with Crippen molar-refractivity contribution in [3.8, 4) is 6.07 Å². The number of imidazole rings is 1. The van der Waals surface area contributed by atoms with Crippen LogP contribution in [0.1, 0.15) is 29.4 Å². The van der Waals surface area contributed by atoms with Crippen LogP contribution in [-0.4, -0.2) is 9.38 Å². The molecule has 0 N–H and O–H groups in total. The lowest BCUT2D eigenvalue weighted by Gasteiger charge is -2.01. The van der Waals surface area contributed by atoms with Crippen molar-refractivity contribution < 1.29 is 0 Å². The number of rotatable bonds is 3. The highest BCUT2D eigenvalue weighted by atomic mass is 35.5. The molecule has 0 spiro atoms. The minimum Gasteiger partial charge on any atom is -0.290 e. The van der Waals surface area contributed by atoms with E-state index >= 15 is 0 Å². The largest absolute Gasteiger partial charge is 0.290 e. The van der Waals surface area contributed by atoms with Gasteiger partial charge in [0.25, 0.3) is 0 Å². The van der Waals surface area contributed by atoms with Gasteiger partial charge in [0.05, 0.1) is 10.7 Å². The Bertz CT molecular complexity index is 826. The molecule has 3 nitrogen and oxygen atoms in total. The molecule has 4 heteroatoms. The van der Waals surface area contributed by atoms with Gasteiger partial charge >= 0.3 is 0 Å². The lowest BCUT2D eigenvalue weighted by molar-refractivity contribution is 1.07. The topological polar surface area (TPSA) is 41.1 Å². The van der Waals surface area contributed by atoms with Gasteiger partial charge in [-0.1, -0.05) is 42.8 Å². The minimum absolute atomic E-state index is 0.548. The number of halogens is 1. The zero-order chi connectivity index (χ0) is 14.8. The first-order chi connectivity index (χ1) is 10.2. The highest BCUT2D eigenvalue weighted by Crippen LogP contribution is 2.19. The van der Waals surface area contributed by atoms with Crippen molar-refractivity contribution in [3.63, 3.8) is 0 Å². The second kappa shape index (κ2) is 5.59. The lowest BCUT2D eigenvalue weighted by Crippen LogP contribution is -1.94. The summed E-state index contributed by atoms with van der Waals surface area (Å²) in [5.41, 5.74) is 4.53. The second-order valence-corrected chi connectivity index (χ2v) is 5.38. The monoisotopic (exact) mass is 295 g/mol. The molecule has 0 fully saturated rings. The Morgan fingerprint density at radius 1 is 1.14 bits per heavy atom. The highest BCUT2D eigenvalue weighted by molar-refractivity contribution is 6.30. The predicted octanol–water partition coefficient (Wildman–Crippen LogP) is 4.01. The van der Waals surface area contributed by atoms with Gasteiger partial charge < -0.3 is 0 Å². The van der Waals surface area contributed by atoms with Crippen LogP contribution in [0.15, 0.2) is 42.6 Å². The first kappa shape index (κ1) is 13.7. The highest BCUT2D eigenvalue weighted by Gasteiger charge is 2.12. The fraction of sp³-hybridized carbons (Fsp3) is 0.176. The second-order valence-electron chi connectivity index (χ2n) is 4.94. The Balaban J connectivity index is 2.01. The van der Waals surface area contributed by atoms with E-state index in [1.807, 2.05) is 6.07 Å². The average molecular weight is 296 g/mol. The van der Waals surface area contributed by atoms with Crippen LogP contribution in [-0.2, 0) is 12.8 Å². The van der Waals surface area contributed by atoms with E-state index in [4.69, 9.17) is 11.6 Å². The number of nitriles is 1. The summed E-state index contributed by atoms with van der Waals surface area (Å²) in [4.78, 5) is 4.54. The maximum Gasteiger partial charge on any atom is 0.148 e.